The fourth-order valence-electron chi connectivity index (χ4n) is 3.23. The summed E-state index contributed by atoms with van der Waals surface area (Å²) in [7, 11) is 0. The van der Waals surface area contributed by atoms with Crippen molar-refractivity contribution in [2.45, 2.75) is 32.1 Å². The van der Waals surface area contributed by atoms with Crippen LogP contribution in [-0.4, -0.2) is 36.3 Å². The summed E-state index contributed by atoms with van der Waals surface area (Å²) in [6.07, 6.45) is 5.65. The van der Waals surface area contributed by atoms with E-state index in [0.29, 0.717) is 36.0 Å². The van der Waals surface area contributed by atoms with E-state index in [2.05, 4.69) is 0 Å². The maximum atomic E-state index is 11.8. The van der Waals surface area contributed by atoms with Gasteiger partial charge in [0.15, 0.2) is 0 Å². The summed E-state index contributed by atoms with van der Waals surface area (Å²) in [6.45, 7) is 2.60. The summed E-state index contributed by atoms with van der Waals surface area (Å²) >= 11 is 5.83. The monoisotopic (exact) mass is 258 g/mol. The molecule has 1 amide bonds. The predicted molar refractivity (Wildman–Crippen MR) is 69.9 cm³/mol. The van der Waals surface area contributed by atoms with Crippen LogP contribution >= 0.6 is 11.6 Å². The minimum absolute atomic E-state index is 0.297. The Hall–Kier alpha value is -0.280. The zero-order valence-corrected chi connectivity index (χ0v) is 11.2. The molecule has 1 saturated heterocycles. The van der Waals surface area contributed by atoms with E-state index in [0.717, 1.165) is 19.6 Å². The molecule has 3 atom stereocenters. The molecule has 3 nitrogen and oxygen atoms in total. The molecule has 2 rings (SSSR count). The molecule has 0 spiro atoms. The second-order valence-corrected chi connectivity index (χ2v) is 5.97. The van der Waals surface area contributed by atoms with Gasteiger partial charge in [0, 0.05) is 25.4 Å². The Kier molecular flexibility index (Phi) is 4.69. The zero-order chi connectivity index (χ0) is 12.3. The van der Waals surface area contributed by atoms with Gasteiger partial charge in [-0.25, -0.2) is 0 Å². The number of carbonyl (C=O) groups excluding carboxylic acids is 1. The summed E-state index contributed by atoms with van der Waals surface area (Å²) in [5.74, 6) is 2.62. The van der Waals surface area contributed by atoms with E-state index in [-0.39, 0.29) is 0 Å². The molecule has 17 heavy (non-hydrogen) atoms. The first-order valence-corrected chi connectivity index (χ1v) is 7.30. The van der Waals surface area contributed by atoms with E-state index in [1.54, 1.807) is 0 Å². The van der Waals surface area contributed by atoms with Crippen molar-refractivity contribution in [2.24, 2.45) is 23.5 Å². The average Bonchev–Trinajstić information content (AvgIpc) is 2.70. The van der Waals surface area contributed by atoms with Crippen LogP contribution in [-0.2, 0) is 4.79 Å². The smallest absolute Gasteiger partial charge is 0.222 e. The number of alkyl halides is 1. The van der Waals surface area contributed by atoms with E-state index >= 15 is 0 Å². The molecule has 0 aromatic heterocycles. The lowest BCUT2D eigenvalue weighted by molar-refractivity contribution is -0.128. The van der Waals surface area contributed by atoms with Gasteiger partial charge in [0.1, 0.15) is 0 Å². The second-order valence-electron chi connectivity index (χ2n) is 5.66. The molecule has 2 N–H and O–H groups in total. The van der Waals surface area contributed by atoms with Crippen LogP contribution in [0.25, 0.3) is 0 Å². The topological polar surface area (TPSA) is 46.3 Å². The third kappa shape index (κ3) is 3.35. The van der Waals surface area contributed by atoms with E-state index in [4.69, 9.17) is 17.3 Å². The number of halogens is 1. The van der Waals surface area contributed by atoms with Gasteiger partial charge in [0.2, 0.25) is 5.91 Å². The molecule has 0 aromatic carbocycles. The summed E-state index contributed by atoms with van der Waals surface area (Å²) in [5, 5.41) is 0. The third-order valence-corrected chi connectivity index (χ3v) is 4.65. The number of nitrogens with zero attached hydrogens (tertiary/aromatic N) is 1. The maximum Gasteiger partial charge on any atom is 0.222 e. The van der Waals surface area contributed by atoms with Crippen LogP contribution in [0.5, 0.6) is 0 Å². The average molecular weight is 259 g/mol. The fourth-order valence-corrected chi connectivity index (χ4v) is 3.43. The molecule has 2 aliphatic rings. The molecule has 0 bridgehead atoms. The van der Waals surface area contributed by atoms with Crippen LogP contribution in [0.4, 0.5) is 0 Å². The number of carbonyl (C=O) groups is 1. The van der Waals surface area contributed by atoms with Gasteiger partial charge in [-0.1, -0.05) is 6.42 Å². The van der Waals surface area contributed by atoms with Gasteiger partial charge < -0.3 is 10.6 Å². The van der Waals surface area contributed by atoms with Crippen molar-refractivity contribution in [3.63, 3.8) is 0 Å². The minimum atomic E-state index is 0.297. The number of amides is 1. The highest BCUT2D eigenvalue weighted by Crippen LogP contribution is 2.30. The Bertz CT molecular complexity index is 272. The van der Waals surface area contributed by atoms with Crippen molar-refractivity contribution in [3.8, 4) is 0 Å². The molecule has 1 heterocycles. The number of likely N-dealkylation sites (tertiary alicyclic amines) is 1. The Balaban J connectivity index is 1.82. The number of hydrogen-bond donors (Lipinski definition) is 1. The summed E-state index contributed by atoms with van der Waals surface area (Å²) in [5.41, 5.74) is 5.75. The Morgan fingerprint density at radius 3 is 2.71 bits per heavy atom. The Labute approximate surface area is 109 Å². The summed E-state index contributed by atoms with van der Waals surface area (Å²) in [6, 6.07) is 0. The standard InChI is InChI=1S/C13H23ClN2O/c14-6-12-5-13(17)16(9-12)8-11-3-1-2-10(4-11)7-15/h10-12H,1-9,15H2/t10-,11+,12?/m1/s1. The second kappa shape index (κ2) is 6.05. The molecule has 4 heteroatoms. The Morgan fingerprint density at radius 2 is 2.06 bits per heavy atom. The van der Waals surface area contributed by atoms with Crippen molar-refractivity contribution >= 4 is 17.5 Å². The lowest BCUT2D eigenvalue weighted by atomic mass is 9.81. The van der Waals surface area contributed by atoms with Crippen molar-refractivity contribution in [1.82, 2.24) is 4.90 Å². The van der Waals surface area contributed by atoms with Crippen LogP contribution < -0.4 is 5.73 Å². The van der Waals surface area contributed by atoms with Crippen molar-refractivity contribution in [2.75, 3.05) is 25.5 Å². The quantitative estimate of drug-likeness (QED) is 0.783. The van der Waals surface area contributed by atoms with Crippen molar-refractivity contribution < 1.29 is 4.79 Å². The van der Waals surface area contributed by atoms with Crippen molar-refractivity contribution in [3.05, 3.63) is 0 Å². The van der Waals surface area contributed by atoms with Crippen molar-refractivity contribution in [1.29, 1.82) is 0 Å². The van der Waals surface area contributed by atoms with E-state index in [1.807, 2.05) is 4.90 Å². The first kappa shape index (κ1) is 13.2. The van der Waals surface area contributed by atoms with E-state index in [9.17, 15) is 4.79 Å². The van der Waals surface area contributed by atoms with E-state index in [1.165, 1.54) is 25.7 Å². The molecule has 0 aromatic rings. The van der Waals surface area contributed by atoms with Crippen LogP contribution in [0.2, 0.25) is 0 Å². The number of hydrogen-bond acceptors (Lipinski definition) is 2. The van der Waals surface area contributed by atoms with Gasteiger partial charge in [-0.3, -0.25) is 4.79 Å². The highest BCUT2D eigenvalue weighted by atomic mass is 35.5. The minimum Gasteiger partial charge on any atom is -0.342 e. The van der Waals surface area contributed by atoms with Gasteiger partial charge in [-0.15, -0.1) is 11.6 Å². The molecule has 2 fully saturated rings. The van der Waals surface area contributed by atoms with Gasteiger partial charge in [0.05, 0.1) is 0 Å². The molecular formula is C13H23ClN2O. The van der Waals surface area contributed by atoms with Crippen LogP contribution in [0.3, 0.4) is 0 Å². The largest absolute Gasteiger partial charge is 0.342 e. The fraction of sp³-hybridized carbons (Fsp3) is 0.923. The Morgan fingerprint density at radius 1 is 1.29 bits per heavy atom. The van der Waals surface area contributed by atoms with Gasteiger partial charge in [-0.05, 0) is 43.6 Å². The summed E-state index contributed by atoms with van der Waals surface area (Å²) in [4.78, 5) is 13.8. The van der Waals surface area contributed by atoms with Gasteiger partial charge in [-0.2, -0.15) is 0 Å². The molecule has 1 unspecified atom stereocenters. The molecule has 0 radical (unpaired) electrons. The normalized spacial score (nSPS) is 34.4. The van der Waals surface area contributed by atoms with Gasteiger partial charge >= 0.3 is 0 Å². The summed E-state index contributed by atoms with van der Waals surface area (Å²) < 4.78 is 0. The number of nitrogens with two attached hydrogens (primary N) is 1. The lowest BCUT2D eigenvalue weighted by Crippen LogP contribution is -2.34. The number of rotatable bonds is 4. The molecule has 1 aliphatic heterocycles. The van der Waals surface area contributed by atoms with Gasteiger partial charge in [0.25, 0.3) is 0 Å². The SMILES string of the molecule is NC[C@@H]1CCC[C@H](CN2CC(CCl)CC2=O)C1. The zero-order valence-electron chi connectivity index (χ0n) is 10.4. The van der Waals surface area contributed by atoms with Crippen LogP contribution in [0.15, 0.2) is 0 Å². The highest BCUT2D eigenvalue weighted by Gasteiger charge is 2.31. The van der Waals surface area contributed by atoms with Crippen LogP contribution in [0, 0.1) is 17.8 Å². The predicted octanol–water partition coefficient (Wildman–Crippen LogP) is 1.84. The lowest BCUT2D eigenvalue weighted by Gasteiger charge is -2.31. The highest BCUT2D eigenvalue weighted by molar-refractivity contribution is 6.18. The molecule has 1 aliphatic carbocycles. The third-order valence-electron chi connectivity index (χ3n) is 4.22. The molecular weight excluding hydrogens is 236 g/mol. The first-order chi connectivity index (χ1) is 8.22. The van der Waals surface area contributed by atoms with Crippen LogP contribution in [0.1, 0.15) is 32.1 Å². The van der Waals surface area contributed by atoms with E-state index < -0.39 is 0 Å². The molecule has 1 saturated carbocycles. The first-order valence-electron chi connectivity index (χ1n) is 6.76. The molecule has 98 valence electrons. The maximum absolute atomic E-state index is 11.8.